The zero-order chi connectivity index (χ0) is 11.1. The van der Waals surface area contributed by atoms with Gasteiger partial charge in [-0.15, -0.1) is 5.10 Å². The van der Waals surface area contributed by atoms with Gasteiger partial charge in [-0.3, -0.25) is 9.48 Å². The fourth-order valence-corrected chi connectivity index (χ4v) is 0.801. The SMILES string of the molecule is CC.Cn1cc(CC(N)C(=O)O)nn1. The molecule has 1 atom stereocenters. The van der Waals surface area contributed by atoms with E-state index in [0.717, 1.165) is 0 Å². The van der Waals surface area contributed by atoms with Crippen molar-refractivity contribution in [2.24, 2.45) is 12.8 Å². The van der Waals surface area contributed by atoms with E-state index in [2.05, 4.69) is 10.3 Å². The Labute approximate surface area is 82.7 Å². The van der Waals surface area contributed by atoms with Crippen LogP contribution in [0, 0.1) is 0 Å². The third kappa shape index (κ3) is 3.99. The number of hydrogen-bond acceptors (Lipinski definition) is 4. The van der Waals surface area contributed by atoms with Gasteiger partial charge in [0.15, 0.2) is 0 Å². The van der Waals surface area contributed by atoms with Gasteiger partial charge in [-0.2, -0.15) is 0 Å². The minimum Gasteiger partial charge on any atom is -0.480 e. The molecule has 3 N–H and O–H groups in total. The molecule has 0 saturated carbocycles. The van der Waals surface area contributed by atoms with Gasteiger partial charge < -0.3 is 10.8 Å². The number of aryl methyl sites for hydroxylation is 1. The van der Waals surface area contributed by atoms with E-state index < -0.39 is 12.0 Å². The highest BCUT2D eigenvalue weighted by molar-refractivity contribution is 5.73. The van der Waals surface area contributed by atoms with Crippen molar-refractivity contribution < 1.29 is 9.90 Å². The number of aliphatic carboxylic acids is 1. The van der Waals surface area contributed by atoms with Gasteiger partial charge in [0, 0.05) is 19.7 Å². The maximum absolute atomic E-state index is 10.3. The third-order valence-corrected chi connectivity index (χ3v) is 1.40. The Balaban J connectivity index is 0.000000791. The molecule has 1 aromatic rings. The first-order chi connectivity index (χ1) is 6.59. The van der Waals surface area contributed by atoms with Gasteiger partial charge in [0.05, 0.1) is 5.69 Å². The molecule has 6 heteroatoms. The number of nitrogens with zero attached hydrogens (tertiary/aromatic N) is 3. The lowest BCUT2D eigenvalue weighted by molar-refractivity contribution is -0.138. The van der Waals surface area contributed by atoms with Crippen LogP contribution in [0.4, 0.5) is 0 Å². The van der Waals surface area contributed by atoms with Crippen LogP contribution in [0.25, 0.3) is 0 Å². The molecule has 0 aromatic carbocycles. The van der Waals surface area contributed by atoms with Gasteiger partial charge in [-0.1, -0.05) is 19.1 Å². The van der Waals surface area contributed by atoms with Crippen molar-refractivity contribution in [1.29, 1.82) is 0 Å². The Morgan fingerprint density at radius 2 is 2.29 bits per heavy atom. The van der Waals surface area contributed by atoms with Crippen LogP contribution < -0.4 is 5.73 Å². The molecule has 1 rings (SSSR count). The standard InChI is InChI=1S/C6H10N4O2.C2H6/c1-10-3-4(8-9-10)2-5(7)6(11)12;1-2/h3,5H,2,7H2,1H3,(H,11,12);1-2H3. The quantitative estimate of drug-likeness (QED) is 0.704. The summed E-state index contributed by atoms with van der Waals surface area (Å²) in [5, 5.41) is 15.8. The van der Waals surface area contributed by atoms with Gasteiger partial charge in [0.2, 0.25) is 0 Å². The van der Waals surface area contributed by atoms with Crippen molar-refractivity contribution in [1.82, 2.24) is 15.0 Å². The molecule has 0 bridgehead atoms. The lowest BCUT2D eigenvalue weighted by Gasteiger charge is -2.00. The molecule has 0 aliphatic carbocycles. The number of carbonyl (C=O) groups is 1. The molecule has 0 saturated heterocycles. The van der Waals surface area contributed by atoms with E-state index in [0.29, 0.717) is 5.69 Å². The number of hydrogen-bond donors (Lipinski definition) is 2. The molecule has 0 aliphatic rings. The molecule has 0 spiro atoms. The van der Waals surface area contributed by atoms with Crippen molar-refractivity contribution in [2.45, 2.75) is 26.3 Å². The van der Waals surface area contributed by atoms with Crippen LogP contribution in [0.2, 0.25) is 0 Å². The summed E-state index contributed by atoms with van der Waals surface area (Å²) in [7, 11) is 1.71. The lowest BCUT2D eigenvalue weighted by Crippen LogP contribution is -2.32. The Morgan fingerprint density at radius 3 is 2.64 bits per heavy atom. The van der Waals surface area contributed by atoms with E-state index >= 15 is 0 Å². The first-order valence-corrected chi connectivity index (χ1v) is 4.43. The first kappa shape index (κ1) is 12.6. The summed E-state index contributed by atoms with van der Waals surface area (Å²) in [6.07, 6.45) is 1.85. The summed E-state index contributed by atoms with van der Waals surface area (Å²) in [4.78, 5) is 10.3. The van der Waals surface area contributed by atoms with Gasteiger partial charge in [0.25, 0.3) is 0 Å². The Morgan fingerprint density at radius 1 is 1.71 bits per heavy atom. The van der Waals surface area contributed by atoms with Crippen LogP contribution in [0.15, 0.2) is 6.20 Å². The summed E-state index contributed by atoms with van der Waals surface area (Å²) >= 11 is 0. The fourth-order valence-electron chi connectivity index (χ4n) is 0.801. The third-order valence-electron chi connectivity index (χ3n) is 1.40. The highest BCUT2D eigenvalue weighted by Gasteiger charge is 2.13. The van der Waals surface area contributed by atoms with Crippen molar-refractivity contribution in [2.75, 3.05) is 0 Å². The van der Waals surface area contributed by atoms with Crippen molar-refractivity contribution >= 4 is 5.97 Å². The number of carboxylic acids is 1. The summed E-state index contributed by atoms with van der Waals surface area (Å²) in [5.41, 5.74) is 5.87. The van der Waals surface area contributed by atoms with Crippen LogP contribution in [0.1, 0.15) is 19.5 Å². The normalized spacial score (nSPS) is 11.4. The zero-order valence-electron chi connectivity index (χ0n) is 8.64. The Hall–Kier alpha value is -1.43. The van der Waals surface area contributed by atoms with E-state index in [1.165, 1.54) is 4.68 Å². The maximum atomic E-state index is 10.3. The van der Waals surface area contributed by atoms with E-state index in [4.69, 9.17) is 10.8 Å². The summed E-state index contributed by atoms with van der Waals surface area (Å²) in [6.45, 7) is 4.00. The van der Waals surface area contributed by atoms with E-state index in [-0.39, 0.29) is 6.42 Å². The highest BCUT2D eigenvalue weighted by atomic mass is 16.4. The molecular weight excluding hydrogens is 184 g/mol. The fraction of sp³-hybridized carbons (Fsp3) is 0.625. The van der Waals surface area contributed by atoms with Crippen LogP contribution in [0.5, 0.6) is 0 Å². The van der Waals surface area contributed by atoms with E-state index in [1.54, 1.807) is 13.2 Å². The maximum Gasteiger partial charge on any atom is 0.320 e. The second-order valence-corrected chi connectivity index (χ2v) is 2.53. The molecule has 0 aliphatic heterocycles. The second-order valence-electron chi connectivity index (χ2n) is 2.53. The molecule has 6 nitrogen and oxygen atoms in total. The summed E-state index contributed by atoms with van der Waals surface area (Å²) in [5.74, 6) is -1.03. The molecule has 1 unspecified atom stereocenters. The first-order valence-electron chi connectivity index (χ1n) is 4.43. The summed E-state index contributed by atoms with van der Waals surface area (Å²) in [6, 6.07) is -0.901. The van der Waals surface area contributed by atoms with Gasteiger partial charge in [-0.05, 0) is 0 Å². The topological polar surface area (TPSA) is 94.0 Å². The number of carboxylic acid groups (broad SMARTS) is 1. The van der Waals surface area contributed by atoms with Gasteiger partial charge in [-0.25, -0.2) is 0 Å². The average Bonchev–Trinajstić information content (AvgIpc) is 2.54. The average molecular weight is 200 g/mol. The molecule has 1 aromatic heterocycles. The van der Waals surface area contributed by atoms with Crippen LogP contribution >= 0.6 is 0 Å². The largest absolute Gasteiger partial charge is 0.480 e. The number of nitrogens with two attached hydrogens (primary N) is 1. The van der Waals surface area contributed by atoms with E-state index in [9.17, 15) is 4.79 Å². The zero-order valence-corrected chi connectivity index (χ0v) is 8.64. The van der Waals surface area contributed by atoms with Gasteiger partial charge in [0.1, 0.15) is 6.04 Å². The van der Waals surface area contributed by atoms with Crippen molar-refractivity contribution in [3.05, 3.63) is 11.9 Å². The molecule has 0 radical (unpaired) electrons. The Kier molecular flexibility index (Phi) is 5.47. The van der Waals surface area contributed by atoms with Crippen molar-refractivity contribution in [3.8, 4) is 0 Å². The smallest absolute Gasteiger partial charge is 0.320 e. The minimum atomic E-state index is -1.03. The monoisotopic (exact) mass is 200 g/mol. The number of rotatable bonds is 3. The molecular formula is C8H16N4O2. The minimum absolute atomic E-state index is 0.211. The second kappa shape index (κ2) is 6.09. The highest BCUT2D eigenvalue weighted by Crippen LogP contribution is 1.95. The lowest BCUT2D eigenvalue weighted by atomic mass is 10.2. The predicted molar refractivity (Wildman–Crippen MR) is 51.7 cm³/mol. The summed E-state index contributed by atoms with van der Waals surface area (Å²) < 4.78 is 1.50. The van der Waals surface area contributed by atoms with Crippen LogP contribution in [-0.2, 0) is 18.3 Å². The molecule has 14 heavy (non-hydrogen) atoms. The van der Waals surface area contributed by atoms with Gasteiger partial charge >= 0.3 is 5.97 Å². The van der Waals surface area contributed by atoms with E-state index in [1.807, 2.05) is 13.8 Å². The number of aromatic nitrogens is 3. The Bertz CT molecular complexity index is 285. The van der Waals surface area contributed by atoms with Crippen molar-refractivity contribution in [3.63, 3.8) is 0 Å². The van der Waals surface area contributed by atoms with Crippen LogP contribution in [-0.4, -0.2) is 32.1 Å². The predicted octanol–water partition coefficient (Wildman–Crippen LogP) is -0.204. The van der Waals surface area contributed by atoms with Crippen LogP contribution in [0.3, 0.4) is 0 Å². The molecule has 0 fully saturated rings. The molecule has 1 heterocycles. The molecule has 80 valence electrons. The molecule has 0 amide bonds.